The Morgan fingerprint density at radius 1 is 1.19 bits per heavy atom. The van der Waals surface area contributed by atoms with E-state index in [-0.39, 0.29) is 12.3 Å². The molecule has 1 fully saturated rings. The van der Waals surface area contributed by atoms with Crippen molar-refractivity contribution in [3.8, 4) is 0 Å². The molecule has 1 atom stereocenters. The Morgan fingerprint density at radius 3 is 2.48 bits per heavy atom. The van der Waals surface area contributed by atoms with Crippen molar-refractivity contribution in [1.29, 1.82) is 0 Å². The molecule has 1 aliphatic rings. The van der Waals surface area contributed by atoms with Gasteiger partial charge in [-0.15, -0.1) is 0 Å². The molecule has 0 radical (unpaired) electrons. The highest BCUT2D eigenvalue weighted by Crippen LogP contribution is 2.28. The van der Waals surface area contributed by atoms with Gasteiger partial charge < -0.3 is 10.4 Å². The molecular formula is C17H23NO3. The molecule has 0 aliphatic heterocycles. The smallest absolute Gasteiger partial charge is 0.305 e. The van der Waals surface area contributed by atoms with Gasteiger partial charge in [-0.3, -0.25) is 9.59 Å². The van der Waals surface area contributed by atoms with Gasteiger partial charge in [-0.05, 0) is 17.9 Å². The molecule has 2 rings (SSSR count). The van der Waals surface area contributed by atoms with Gasteiger partial charge in [0.2, 0.25) is 5.91 Å². The zero-order valence-electron chi connectivity index (χ0n) is 12.3. The van der Waals surface area contributed by atoms with Crippen molar-refractivity contribution in [3.63, 3.8) is 0 Å². The fourth-order valence-electron chi connectivity index (χ4n) is 3.01. The van der Waals surface area contributed by atoms with E-state index in [0.29, 0.717) is 12.3 Å². The van der Waals surface area contributed by atoms with Gasteiger partial charge in [0, 0.05) is 6.42 Å². The average Bonchev–Trinajstić information content (AvgIpc) is 2.98. The number of amides is 1. The number of carbonyl (C=O) groups is 2. The minimum absolute atomic E-state index is 0.0444. The SMILES string of the molecule is O=C(O)CC(NC(=O)CCC1CCCC1)c1ccccc1. The van der Waals surface area contributed by atoms with Crippen LogP contribution in [0.15, 0.2) is 30.3 Å². The van der Waals surface area contributed by atoms with E-state index in [0.717, 1.165) is 12.0 Å². The van der Waals surface area contributed by atoms with Crippen LogP contribution in [-0.2, 0) is 9.59 Å². The third-order valence-electron chi connectivity index (χ3n) is 4.17. The van der Waals surface area contributed by atoms with Gasteiger partial charge in [0.25, 0.3) is 0 Å². The van der Waals surface area contributed by atoms with Crippen LogP contribution in [0.4, 0.5) is 0 Å². The van der Waals surface area contributed by atoms with Gasteiger partial charge in [0.1, 0.15) is 0 Å². The van der Waals surface area contributed by atoms with E-state index in [9.17, 15) is 9.59 Å². The predicted molar refractivity (Wildman–Crippen MR) is 80.8 cm³/mol. The molecule has 1 saturated carbocycles. The van der Waals surface area contributed by atoms with Crippen molar-refractivity contribution in [1.82, 2.24) is 5.32 Å². The number of rotatable bonds is 7. The molecule has 0 spiro atoms. The van der Waals surface area contributed by atoms with Crippen LogP contribution >= 0.6 is 0 Å². The highest BCUT2D eigenvalue weighted by atomic mass is 16.4. The molecule has 0 saturated heterocycles. The lowest BCUT2D eigenvalue weighted by Gasteiger charge is -2.18. The van der Waals surface area contributed by atoms with E-state index in [1.54, 1.807) is 0 Å². The minimum Gasteiger partial charge on any atom is -0.481 e. The van der Waals surface area contributed by atoms with Crippen LogP contribution in [0.1, 0.15) is 56.6 Å². The Labute approximate surface area is 125 Å². The quantitative estimate of drug-likeness (QED) is 0.809. The highest BCUT2D eigenvalue weighted by molar-refractivity contribution is 5.77. The maximum atomic E-state index is 12.1. The van der Waals surface area contributed by atoms with E-state index < -0.39 is 12.0 Å². The monoisotopic (exact) mass is 289 g/mol. The lowest BCUT2D eigenvalue weighted by molar-refractivity contribution is -0.137. The summed E-state index contributed by atoms with van der Waals surface area (Å²) in [5.41, 5.74) is 0.842. The summed E-state index contributed by atoms with van der Waals surface area (Å²) < 4.78 is 0. The van der Waals surface area contributed by atoms with Gasteiger partial charge in [-0.2, -0.15) is 0 Å². The van der Waals surface area contributed by atoms with Gasteiger partial charge in [-0.1, -0.05) is 56.0 Å². The Morgan fingerprint density at radius 2 is 1.86 bits per heavy atom. The molecule has 1 amide bonds. The molecule has 1 unspecified atom stereocenters. The van der Waals surface area contributed by atoms with Crippen LogP contribution in [0.25, 0.3) is 0 Å². The third-order valence-corrected chi connectivity index (χ3v) is 4.17. The molecule has 21 heavy (non-hydrogen) atoms. The second-order valence-corrected chi connectivity index (χ2v) is 5.82. The normalized spacial score (nSPS) is 16.6. The molecule has 1 aliphatic carbocycles. The molecule has 1 aromatic rings. The van der Waals surface area contributed by atoms with Crippen LogP contribution in [0, 0.1) is 5.92 Å². The number of hydrogen-bond acceptors (Lipinski definition) is 2. The lowest BCUT2D eigenvalue weighted by Crippen LogP contribution is -2.30. The zero-order chi connectivity index (χ0) is 15.1. The standard InChI is InChI=1S/C17H23NO3/c19-16(11-10-13-6-4-5-7-13)18-15(12-17(20)21)14-8-2-1-3-9-14/h1-3,8-9,13,15H,4-7,10-12H2,(H,18,19)(H,20,21). The van der Waals surface area contributed by atoms with Crippen molar-refractivity contribution in [2.45, 2.75) is 51.0 Å². The molecule has 1 aromatic carbocycles. The number of aliphatic carboxylic acids is 1. The summed E-state index contributed by atoms with van der Waals surface area (Å²) in [4.78, 5) is 23.0. The molecule has 114 valence electrons. The van der Waals surface area contributed by atoms with Crippen LogP contribution < -0.4 is 5.32 Å². The fourth-order valence-corrected chi connectivity index (χ4v) is 3.01. The largest absolute Gasteiger partial charge is 0.481 e. The average molecular weight is 289 g/mol. The first kappa shape index (κ1) is 15.5. The molecule has 0 aromatic heterocycles. The molecule has 0 bridgehead atoms. The summed E-state index contributed by atoms with van der Waals surface area (Å²) in [6.07, 6.45) is 6.33. The molecule has 4 heteroatoms. The summed E-state index contributed by atoms with van der Waals surface area (Å²) in [6, 6.07) is 8.85. The summed E-state index contributed by atoms with van der Waals surface area (Å²) in [5, 5.41) is 11.9. The van der Waals surface area contributed by atoms with Crippen molar-refractivity contribution in [2.24, 2.45) is 5.92 Å². The Balaban J connectivity index is 1.88. The van der Waals surface area contributed by atoms with Gasteiger partial charge in [-0.25, -0.2) is 0 Å². The number of hydrogen-bond donors (Lipinski definition) is 2. The summed E-state index contributed by atoms with van der Waals surface area (Å²) in [5.74, 6) is -0.276. The van der Waals surface area contributed by atoms with Crippen LogP contribution in [0.2, 0.25) is 0 Å². The molecular weight excluding hydrogens is 266 g/mol. The second-order valence-electron chi connectivity index (χ2n) is 5.82. The topological polar surface area (TPSA) is 66.4 Å². The van der Waals surface area contributed by atoms with E-state index in [1.165, 1.54) is 25.7 Å². The van der Waals surface area contributed by atoms with Gasteiger partial charge >= 0.3 is 5.97 Å². The maximum absolute atomic E-state index is 12.1. The summed E-state index contributed by atoms with van der Waals surface area (Å²) >= 11 is 0. The first-order valence-corrected chi connectivity index (χ1v) is 7.71. The highest BCUT2D eigenvalue weighted by Gasteiger charge is 2.20. The molecule has 2 N–H and O–H groups in total. The Bertz CT molecular complexity index is 466. The van der Waals surface area contributed by atoms with E-state index in [1.807, 2.05) is 30.3 Å². The second kappa shape index (κ2) is 7.81. The Kier molecular flexibility index (Phi) is 5.78. The minimum atomic E-state index is -0.903. The lowest BCUT2D eigenvalue weighted by atomic mass is 10.0. The number of carbonyl (C=O) groups excluding carboxylic acids is 1. The number of carboxylic acids is 1. The van der Waals surface area contributed by atoms with Gasteiger partial charge in [0.05, 0.1) is 12.5 Å². The van der Waals surface area contributed by atoms with Crippen LogP contribution in [0.5, 0.6) is 0 Å². The van der Waals surface area contributed by atoms with E-state index >= 15 is 0 Å². The number of benzene rings is 1. The van der Waals surface area contributed by atoms with Gasteiger partial charge in [0.15, 0.2) is 0 Å². The van der Waals surface area contributed by atoms with Crippen molar-refractivity contribution >= 4 is 11.9 Å². The summed E-state index contributed by atoms with van der Waals surface area (Å²) in [6.45, 7) is 0. The Hall–Kier alpha value is -1.84. The van der Waals surface area contributed by atoms with E-state index in [2.05, 4.69) is 5.32 Å². The first-order chi connectivity index (χ1) is 10.1. The van der Waals surface area contributed by atoms with Crippen LogP contribution in [-0.4, -0.2) is 17.0 Å². The first-order valence-electron chi connectivity index (χ1n) is 7.71. The van der Waals surface area contributed by atoms with Crippen molar-refractivity contribution in [2.75, 3.05) is 0 Å². The summed E-state index contributed by atoms with van der Waals surface area (Å²) in [7, 11) is 0. The number of carboxylic acid groups (broad SMARTS) is 1. The fraction of sp³-hybridized carbons (Fsp3) is 0.529. The zero-order valence-corrected chi connectivity index (χ0v) is 12.3. The molecule has 0 heterocycles. The third kappa shape index (κ3) is 5.21. The van der Waals surface area contributed by atoms with Crippen molar-refractivity contribution < 1.29 is 14.7 Å². The number of nitrogens with one attached hydrogen (secondary N) is 1. The van der Waals surface area contributed by atoms with Crippen molar-refractivity contribution in [3.05, 3.63) is 35.9 Å². The van der Waals surface area contributed by atoms with Crippen LogP contribution in [0.3, 0.4) is 0 Å². The maximum Gasteiger partial charge on any atom is 0.305 e. The van der Waals surface area contributed by atoms with E-state index in [4.69, 9.17) is 5.11 Å². The predicted octanol–water partition coefficient (Wildman–Crippen LogP) is 3.29. The molecule has 4 nitrogen and oxygen atoms in total.